The molecule has 0 bridgehead atoms. The molecule has 2 heterocycles. The van der Waals surface area contributed by atoms with Crippen LogP contribution >= 0.6 is 27.3 Å². The minimum absolute atomic E-state index is 0.576. The molecule has 0 radical (unpaired) electrons. The molecule has 5 heteroatoms. The van der Waals surface area contributed by atoms with E-state index in [0.717, 1.165) is 9.35 Å². The van der Waals surface area contributed by atoms with Gasteiger partial charge in [0.25, 0.3) is 5.89 Å². The van der Waals surface area contributed by atoms with Gasteiger partial charge >= 0.3 is 0 Å². The molecule has 0 saturated heterocycles. The van der Waals surface area contributed by atoms with Crippen molar-refractivity contribution in [3.8, 4) is 10.8 Å². The topological polar surface area (TPSA) is 38.9 Å². The Bertz CT molecular complexity index is 603. The third-order valence-corrected chi connectivity index (χ3v) is 3.65. The van der Waals surface area contributed by atoms with E-state index in [1.165, 1.54) is 16.5 Å². The second-order valence-corrected chi connectivity index (χ2v) is 5.04. The summed E-state index contributed by atoms with van der Waals surface area (Å²) in [5.74, 6) is 0.576. The van der Waals surface area contributed by atoms with Crippen molar-refractivity contribution in [2.75, 3.05) is 0 Å². The number of nitrogens with zero attached hydrogens (tertiary/aromatic N) is 2. The van der Waals surface area contributed by atoms with Crippen LogP contribution in [0.4, 0.5) is 0 Å². The first kappa shape index (κ1) is 9.06. The van der Waals surface area contributed by atoms with Crippen molar-refractivity contribution in [1.82, 2.24) is 10.2 Å². The Hall–Kier alpha value is -1.20. The molecule has 74 valence electrons. The molecule has 0 unspecified atom stereocenters. The van der Waals surface area contributed by atoms with E-state index in [0.29, 0.717) is 5.89 Å². The Morgan fingerprint density at radius 2 is 2.20 bits per heavy atom. The van der Waals surface area contributed by atoms with Crippen molar-refractivity contribution in [2.24, 2.45) is 0 Å². The molecule has 0 N–H and O–H groups in total. The molecule has 0 amide bonds. The van der Waals surface area contributed by atoms with Crippen LogP contribution in [0.2, 0.25) is 0 Å². The Morgan fingerprint density at radius 3 is 3.00 bits per heavy atom. The lowest BCUT2D eigenvalue weighted by atomic mass is 10.2. The molecule has 3 aromatic rings. The lowest BCUT2D eigenvalue weighted by molar-refractivity contribution is 0.570. The van der Waals surface area contributed by atoms with Crippen molar-refractivity contribution in [3.05, 3.63) is 35.1 Å². The Balaban J connectivity index is 2.22. The summed E-state index contributed by atoms with van der Waals surface area (Å²) in [6.45, 7) is 0. The molecule has 0 saturated carbocycles. The van der Waals surface area contributed by atoms with Crippen LogP contribution in [-0.4, -0.2) is 10.2 Å². The summed E-state index contributed by atoms with van der Waals surface area (Å²) in [4.78, 5) is 1.00. The third kappa shape index (κ3) is 1.57. The zero-order valence-corrected chi connectivity index (χ0v) is 9.88. The van der Waals surface area contributed by atoms with Crippen LogP contribution in [0, 0.1) is 0 Å². The van der Waals surface area contributed by atoms with Crippen molar-refractivity contribution < 1.29 is 4.42 Å². The first-order valence-corrected chi connectivity index (χ1v) is 5.89. The van der Waals surface area contributed by atoms with Gasteiger partial charge in [0, 0.05) is 9.17 Å². The molecule has 3 rings (SSSR count). The van der Waals surface area contributed by atoms with Crippen LogP contribution in [0.1, 0.15) is 0 Å². The van der Waals surface area contributed by atoms with E-state index in [4.69, 9.17) is 4.42 Å². The molecule has 0 aliphatic heterocycles. The van der Waals surface area contributed by atoms with Crippen LogP contribution in [0.15, 0.2) is 39.5 Å². The van der Waals surface area contributed by atoms with Gasteiger partial charge in [0.2, 0.25) is 6.39 Å². The highest BCUT2D eigenvalue weighted by molar-refractivity contribution is 9.10. The fraction of sp³-hybridized carbons (Fsp3) is 0. The number of fused-ring (bicyclic) bond motifs is 1. The van der Waals surface area contributed by atoms with Gasteiger partial charge in [0.05, 0.1) is 4.88 Å². The van der Waals surface area contributed by atoms with Gasteiger partial charge in [-0.25, -0.2) is 0 Å². The van der Waals surface area contributed by atoms with Crippen LogP contribution in [-0.2, 0) is 0 Å². The smallest absolute Gasteiger partial charge is 0.257 e. The quantitative estimate of drug-likeness (QED) is 0.682. The fourth-order valence-electron chi connectivity index (χ4n) is 1.40. The van der Waals surface area contributed by atoms with Gasteiger partial charge in [0.15, 0.2) is 0 Å². The Kier molecular flexibility index (Phi) is 2.07. The summed E-state index contributed by atoms with van der Waals surface area (Å²) < 4.78 is 7.44. The van der Waals surface area contributed by atoms with E-state index in [1.807, 2.05) is 6.07 Å². The average Bonchev–Trinajstić information content (AvgIpc) is 2.84. The van der Waals surface area contributed by atoms with Gasteiger partial charge in [-0.3, -0.25) is 0 Å². The molecule has 0 fully saturated rings. The number of hydrogen-bond donors (Lipinski definition) is 0. The summed E-state index contributed by atoms with van der Waals surface area (Å²) in [5.41, 5.74) is 0. The summed E-state index contributed by atoms with van der Waals surface area (Å²) in [7, 11) is 0. The first-order valence-electron chi connectivity index (χ1n) is 4.28. The fourth-order valence-corrected chi connectivity index (χ4v) is 2.75. The molecule has 15 heavy (non-hydrogen) atoms. The summed E-state index contributed by atoms with van der Waals surface area (Å²) in [5, 5.41) is 8.74. The largest absolute Gasteiger partial charge is 0.423 e. The number of rotatable bonds is 1. The average molecular weight is 281 g/mol. The van der Waals surface area contributed by atoms with Crippen LogP contribution < -0.4 is 0 Å². The molecular weight excluding hydrogens is 276 g/mol. The highest BCUT2D eigenvalue weighted by atomic mass is 79.9. The molecule has 0 atom stereocenters. The van der Waals surface area contributed by atoms with Gasteiger partial charge in [0.1, 0.15) is 0 Å². The molecule has 0 spiro atoms. The monoisotopic (exact) mass is 280 g/mol. The molecule has 2 aromatic heterocycles. The maximum absolute atomic E-state index is 5.16. The number of thiophene rings is 1. The number of hydrogen-bond acceptors (Lipinski definition) is 4. The van der Waals surface area contributed by atoms with Crippen molar-refractivity contribution in [1.29, 1.82) is 0 Å². The van der Waals surface area contributed by atoms with Crippen LogP contribution in [0.5, 0.6) is 0 Å². The minimum Gasteiger partial charge on any atom is -0.423 e. The Labute approximate surface area is 97.9 Å². The highest BCUT2D eigenvalue weighted by Gasteiger charge is 2.08. The lowest BCUT2D eigenvalue weighted by Crippen LogP contribution is -1.69. The molecule has 3 nitrogen and oxygen atoms in total. The molecule has 0 aliphatic rings. The summed E-state index contributed by atoms with van der Waals surface area (Å²) in [6.07, 6.45) is 1.34. The van der Waals surface area contributed by atoms with Crippen molar-refractivity contribution in [2.45, 2.75) is 0 Å². The first-order chi connectivity index (χ1) is 7.33. The van der Waals surface area contributed by atoms with E-state index in [-0.39, 0.29) is 0 Å². The van der Waals surface area contributed by atoms with Gasteiger partial charge in [-0.2, -0.15) is 0 Å². The second-order valence-electron chi connectivity index (χ2n) is 3.04. The van der Waals surface area contributed by atoms with Gasteiger partial charge < -0.3 is 4.42 Å². The molecular formula is C10H5BrN2OS. The Morgan fingerprint density at radius 1 is 1.27 bits per heavy atom. The summed E-state index contributed by atoms with van der Waals surface area (Å²) in [6, 6.07) is 8.23. The predicted molar refractivity (Wildman–Crippen MR) is 62.8 cm³/mol. The molecule has 0 aliphatic carbocycles. The van der Waals surface area contributed by atoms with E-state index < -0.39 is 0 Å². The number of halogens is 1. The predicted octanol–water partition coefficient (Wildman–Crippen LogP) is 3.71. The third-order valence-electron chi connectivity index (χ3n) is 2.05. The van der Waals surface area contributed by atoms with Crippen molar-refractivity contribution >= 4 is 37.4 Å². The van der Waals surface area contributed by atoms with Crippen LogP contribution in [0.3, 0.4) is 0 Å². The van der Waals surface area contributed by atoms with Crippen molar-refractivity contribution in [3.63, 3.8) is 0 Å². The normalized spacial score (nSPS) is 11.0. The second kappa shape index (κ2) is 3.43. The maximum atomic E-state index is 5.16. The van der Waals surface area contributed by atoms with Crippen LogP contribution in [0.25, 0.3) is 20.9 Å². The highest BCUT2D eigenvalue weighted by Crippen LogP contribution is 2.33. The van der Waals surface area contributed by atoms with E-state index in [1.54, 1.807) is 11.3 Å². The van der Waals surface area contributed by atoms with E-state index >= 15 is 0 Å². The maximum Gasteiger partial charge on any atom is 0.257 e. The van der Waals surface area contributed by atoms with Gasteiger partial charge in [-0.1, -0.05) is 15.9 Å². The lowest BCUT2D eigenvalue weighted by Gasteiger charge is -1.88. The van der Waals surface area contributed by atoms with Gasteiger partial charge in [-0.05, 0) is 29.7 Å². The van der Waals surface area contributed by atoms with E-state index in [2.05, 4.69) is 44.3 Å². The standard InChI is InChI=1S/C10H5BrN2OS/c11-7-1-2-8-6(3-7)4-9(15-8)10-13-12-5-14-10/h1-5H. The molecule has 1 aromatic carbocycles. The zero-order valence-electron chi connectivity index (χ0n) is 7.48. The zero-order chi connectivity index (χ0) is 10.3. The minimum atomic E-state index is 0.576. The number of aromatic nitrogens is 2. The number of benzene rings is 1. The SMILES string of the molecule is Brc1ccc2sc(-c3nnco3)cc2c1. The summed E-state index contributed by atoms with van der Waals surface area (Å²) >= 11 is 5.09. The van der Waals surface area contributed by atoms with Gasteiger partial charge in [-0.15, -0.1) is 21.5 Å². The van der Waals surface area contributed by atoms with E-state index in [9.17, 15) is 0 Å².